The average molecular weight is 468 g/mol. The fourth-order valence-corrected chi connectivity index (χ4v) is 3.33. The van der Waals surface area contributed by atoms with Gasteiger partial charge in [-0.05, 0) is 25.5 Å². The fraction of sp³-hybridized carbons (Fsp3) is 0.250. The van der Waals surface area contributed by atoms with Gasteiger partial charge in [0.1, 0.15) is 0 Å². The Balaban J connectivity index is 1.94. The summed E-state index contributed by atoms with van der Waals surface area (Å²) in [5.41, 5.74) is 1.13. The van der Waals surface area contributed by atoms with Gasteiger partial charge in [0.15, 0.2) is 0 Å². The van der Waals surface area contributed by atoms with Crippen LogP contribution in [0.3, 0.4) is 0 Å². The van der Waals surface area contributed by atoms with Gasteiger partial charge in [-0.1, -0.05) is 46.9 Å². The van der Waals surface area contributed by atoms with E-state index in [1.165, 1.54) is 16.8 Å². The number of hydroxylamine groups is 1. The van der Waals surface area contributed by atoms with E-state index in [1.54, 1.807) is 36.4 Å². The second kappa shape index (κ2) is 9.18. The monoisotopic (exact) mass is 468 g/mol. The summed E-state index contributed by atoms with van der Waals surface area (Å²) in [4.78, 5) is 27.5. The molecule has 3 rings (SSSR count). The lowest BCUT2D eigenvalue weighted by Gasteiger charge is -2.23. The van der Waals surface area contributed by atoms with Crippen molar-refractivity contribution in [3.63, 3.8) is 0 Å². The number of hydrogen-bond donors (Lipinski definition) is 0. The van der Waals surface area contributed by atoms with Crippen molar-refractivity contribution >= 4 is 28.0 Å². The lowest BCUT2D eigenvalue weighted by Crippen LogP contribution is -2.35. The molecule has 0 saturated heterocycles. The number of carbonyl (C=O) groups excluding carboxylic acids is 1. The van der Waals surface area contributed by atoms with Crippen LogP contribution in [0.1, 0.15) is 25.5 Å². The molecule has 12 heteroatoms. The minimum absolute atomic E-state index is 0.0998. The topological polar surface area (TPSA) is 105 Å². The number of fused-ring (bicyclic) bond motifs is 1. The molecule has 1 heterocycles. The molecule has 170 valence electrons. The third kappa shape index (κ3) is 5.03. The standard InChI is InChI=1S/C20H18F3N3O5S/c1-12(2)26-18(27)16-6-4-3-5-15(16)17(24-26)14-9-7-13(8-10-14)11-25(32(29)30)31-19(28)20(21,22)23/h3-10,12H,11H2,1-2H3,(H,29,30)/p-1. The number of halogens is 3. The molecule has 0 bridgehead atoms. The van der Waals surface area contributed by atoms with E-state index >= 15 is 0 Å². The Hall–Kier alpha value is -3.09. The Morgan fingerprint density at radius 1 is 1.16 bits per heavy atom. The summed E-state index contributed by atoms with van der Waals surface area (Å²) >= 11 is -3.24. The largest absolute Gasteiger partial charge is 0.757 e. The van der Waals surface area contributed by atoms with Crippen LogP contribution in [0.15, 0.2) is 53.3 Å². The minimum Gasteiger partial charge on any atom is -0.757 e. The molecule has 0 fully saturated rings. The van der Waals surface area contributed by atoms with Crippen molar-refractivity contribution < 1.29 is 31.6 Å². The van der Waals surface area contributed by atoms with Crippen LogP contribution in [0.25, 0.3) is 22.0 Å². The lowest BCUT2D eigenvalue weighted by molar-refractivity contribution is -0.224. The highest BCUT2D eigenvalue weighted by Crippen LogP contribution is 2.26. The van der Waals surface area contributed by atoms with E-state index in [-0.39, 0.29) is 21.6 Å². The van der Waals surface area contributed by atoms with Crippen molar-refractivity contribution in [1.82, 2.24) is 14.2 Å². The molecule has 8 nitrogen and oxygen atoms in total. The molecule has 0 N–H and O–H groups in total. The third-order valence-corrected chi connectivity index (χ3v) is 4.98. The van der Waals surface area contributed by atoms with Gasteiger partial charge in [-0.15, -0.1) is 0 Å². The van der Waals surface area contributed by atoms with E-state index in [2.05, 4.69) is 9.94 Å². The molecule has 0 aliphatic carbocycles. The zero-order valence-corrected chi connectivity index (χ0v) is 17.6. The molecule has 0 spiro atoms. The molecule has 0 saturated carbocycles. The molecule has 0 aliphatic heterocycles. The summed E-state index contributed by atoms with van der Waals surface area (Å²) in [5.74, 6) is -2.65. The van der Waals surface area contributed by atoms with E-state index in [4.69, 9.17) is 0 Å². The van der Waals surface area contributed by atoms with Gasteiger partial charge < -0.3 is 9.39 Å². The van der Waals surface area contributed by atoms with E-state index in [0.717, 1.165) is 0 Å². The number of aromatic nitrogens is 2. The lowest BCUT2D eigenvalue weighted by atomic mass is 10.0. The smallest absolute Gasteiger partial charge is 0.492 e. The predicted molar refractivity (Wildman–Crippen MR) is 108 cm³/mol. The second-order valence-electron chi connectivity index (χ2n) is 7.02. The molecule has 3 aromatic rings. The van der Waals surface area contributed by atoms with Crippen LogP contribution < -0.4 is 5.56 Å². The van der Waals surface area contributed by atoms with E-state index in [1.807, 2.05) is 13.8 Å². The number of rotatable bonds is 6. The molecule has 32 heavy (non-hydrogen) atoms. The Kier molecular flexibility index (Phi) is 6.77. The van der Waals surface area contributed by atoms with Crippen molar-refractivity contribution in [3.05, 3.63) is 64.4 Å². The minimum atomic E-state index is -5.34. The van der Waals surface area contributed by atoms with Gasteiger partial charge in [-0.25, -0.2) is 9.48 Å². The zero-order chi connectivity index (χ0) is 23.6. The summed E-state index contributed by atoms with van der Waals surface area (Å²) in [6, 6.07) is 12.8. The Bertz CT molecular complexity index is 1230. The van der Waals surface area contributed by atoms with Gasteiger partial charge >= 0.3 is 12.1 Å². The Morgan fingerprint density at radius 2 is 1.75 bits per heavy atom. The van der Waals surface area contributed by atoms with Crippen molar-refractivity contribution in [3.8, 4) is 11.3 Å². The van der Waals surface area contributed by atoms with Crippen LogP contribution in [-0.2, 0) is 27.4 Å². The van der Waals surface area contributed by atoms with Crippen molar-refractivity contribution in [1.29, 1.82) is 0 Å². The van der Waals surface area contributed by atoms with E-state index < -0.39 is 30.0 Å². The van der Waals surface area contributed by atoms with Crippen molar-refractivity contribution in [2.75, 3.05) is 0 Å². The predicted octanol–water partition coefficient (Wildman–Crippen LogP) is 3.26. The summed E-state index contributed by atoms with van der Waals surface area (Å²) < 4.78 is 60.7. The first-order chi connectivity index (χ1) is 15.0. The Morgan fingerprint density at radius 3 is 2.28 bits per heavy atom. The second-order valence-corrected chi connectivity index (χ2v) is 7.86. The van der Waals surface area contributed by atoms with Crippen LogP contribution in [-0.4, -0.2) is 35.2 Å². The fourth-order valence-electron chi connectivity index (χ4n) is 2.95. The summed E-state index contributed by atoms with van der Waals surface area (Å²) in [7, 11) is 0. The van der Waals surface area contributed by atoms with Gasteiger partial charge in [-0.3, -0.25) is 9.00 Å². The first kappa shape index (κ1) is 23.6. The number of benzene rings is 2. The molecular formula is C20H17F3N3O5S-. The molecule has 1 atom stereocenters. The molecule has 1 aromatic heterocycles. The SMILES string of the molecule is CC(C)n1nc(-c2ccc(CN(OC(=O)C(F)(F)F)S(=O)[O-])cc2)c2ccccc2c1=O. The van der Waals surface area contributed by atoms with Crippen LogP contribution >= 0.6 is 0 Å². The third-order valence-electron chi connectivity index (χ3n) is 4.44. The highest BCUT2D eigenvalue weighted by molar-refractivity contribution is 7.76. The summed E-state index contributed by atoms with van der Waals surface area (Å²) in [6.45, 7) is 3.00. The highest BCUT2D eigenvalue weighted by Gasteiger charge is 2.42. The highest BCUT2D eigenvalue weighted by atomic mass is 32.2. The zero-order valence-electron chi connectivity index (χ0n) is 16.8. The normalized spacial score (nSPS) is 13.0. The van der Waals surface area contributed by atoms with Crippen LogP contribution in [0.2, 0.25) is 0 Å². The quantitative estimate of drug-likeness (QED) is 0.406. The van der Waals surface area contributed by atoms with E-state index in [9.17, 15) is 31.5 Å². The van der Waals surface area contributed by atoms with Gasteiger partial charge in [0.2, 0.25) is 0 Å². The van der Waals surface area contributed by atoms with Crippen molar-refractivity contribution in [2.45, 2.75) is 32.6 Å². The molecule has 0 aliphatic rings. The summed E-state index contributed by atoms with van der Waals surface area (Å²) in [5, 5.41) is 5.54. The molecule has 0 amide bonds. The molecular weight excluding hydrogens is 451 g/mol. The molecule has 2 aromatic carbocycles. The average Bonchev–Trinajstić information content (AvgIpc) is 2.73. The van der Waals surface area contributed by atoms with Crippen LogP contribution in [0, 0.1) is 0 Å². The van der Waals surface area contributed by atoms with Gasteiger partial charge in [0.05, 0.1) is 34.9 Å². The molecule has 0 radical (unpaired) electrons. The molecule has 1 unspecified atom stereocenters. The maximum Gasteiger partial charge on any atom is 0.492 e. The van der Waals surface area contributed by atoms with Gasteiger partial charge in [0, 0.05) is 10.9 Å². The summed E-state index contributed by atoms with van der Waals surface area (Å²) in [6.07, 6.45) is -5.34. The van der Waals surface area contributed by atoms with E-state index in [0.29, 0.717) is 22.0 Å². The number of alkyl halides is 3. The Labute approximate surface area is 182 Å². The number of hydrogen-bond acceptors (Lipinski definition) is 6. The van der Waals surface area contributed by atoms with Crippen molar-refractivity contribution in [2.24, 2.45) is 0 Å². The number of carbonyl (C=O) groups is 1. The van der Waals surface area contributed by atoms with Crippen LogP contribution in [0.4, 0.5) is 13.2 Å². The maximum absolute atomic E-state index is 12.7. The van der Waals surface area contributed by atoms with Crippen LogP contribution in [0.5, 0.6) is 0 Å². The van der Waals surface area contributed by atoms with Gasteiger partial charge in [-0.2, -0.15) is 18.3 Å². The maximum atomic E-state index is 12.7. The first-order valence-electron chi connectivity index (χ1n) is 9.26. The number of nitrogens with zero attached hydrogens (tertiary/aromatic N) is 3. The first-order valence-corrected chi connectivity index (χ1v) is 10.3. The van der Waals surface area contributed by atoms with Gasteiger partial charge in [0.25, 0.3) is 5.56 Å².